The lowest BCUT2D eigenvalue weighted by molar-refractivity contribution is -0.404. The van der Waals surface area contributed by atoms with Gasteiger partial charge in [-0.3, -0.25) is 4.79 Å². The molecule has 0 bridgehead atoms. The van der Waals surface area contributed by atoms with Gasteiger partial charge in [-0.15, -0.1) is 0 Å². The van der Waals surface area contributed by atoms with Gasteiger partial charge in [0, 0.05) is 6.92 Å². The highest BCUT2D eigenvalue weighted by Crippen LogP contribution is 2.38. The summed E-state index contributed by atoms with van der Waals surface area (Å²) in [6.45, 7) is -2.68. The zero-order valence-corrected chi connectivity index (χ0v) is 36.8. The monoisotopic (exact) mass is 1020 g/mol. The summed E-state index contributed by atoms with van der Waals surface area (Å²) in [4.78, 5) is 12.9. The van der Waals surface area contributed by atoms with Crippen LogP contribution in [-0.4, -0.2) is 315 Å². The minimum atomic E-state index is -2.18. The van der Waals surface area contributed by atoms with Crippen LogP contribution in [0.2, 0.25) is 0 Å². The first-order valence-corrected chi connectivity index (χ1v) is 22.0. The second kappa shape index (κ2) is 24.1. The average molecular weight is 1020 g/mol. The van der Waals surface area contributed by atoms with E-state index < -0.39 is 223 Å². The zero-order valence-electron chi connectivity index (χ0n) is 36.8. The molecule has 1 amide bonds. The number of hydrogen-bond acceptors (Lipinski definition) is 30. The largest absolute Gasteiger partial charge is 0.394 e. The predicted molar refractivity (Wildman–Crippen MR) is 209 cm³/mol. The van der Waals surface area contributed by atoms with Crippen molar-refractivity contribution in [3.05, 3.63) is 0 Å². The Balaban J connectivity index is 1.35. The first-order chi connectivity index (χ1) is 32.6. The predicted octanol–water partition coefficient (Wildman–Crippen LogP) is -12.9. The number of carbonyl (C=O) groups is 1. The Morgan fingerprint density at radius 2 is 0.783 bits per heavy atom. The summed E-state index contributed by atoms with van der Waals surface area (Å²) in [5.74, 6) is -0.893. The van der Waals surface area contributed by atoms with Crippen molar-refractivity contribution in [3.8, 4) is 0 Å². The summed E-state index contributed by atoms with van der Waals surface area (Å²) in [6.07, 6.45) is -55.6. The molecule has 6 rings (SSSR count). The molecule has 0 aromatic heterocycles. The molecule has 31 nitrogen and oxygen atoms in total. The molecule has 6 heterocycles. The molecular formula is C38H65NO30. The second-order valence-corrected chi connectivity index (χ2v) is 17.5. The van der Waals surface area contributed by atoms with E-state index >= 15 is 0 Å². The zero-order chi connectivity index (χ0) is 50.9. The van der Waals surface area contributed by atoms with Crippen molar-refractivity contribution in [2.75, 3.05) is 33.0 Å². The van der Waals surface area contributed by atoms with E-state index in [9.17, 15) is 96.7 Å². The molecule has 0 aromatic carbocycles. The van der Waals surface area contributed by atoms with Crippen molar-refractivity contribution in [3.63, 3.8) is 0 Å². The molecule has 0 saturated carbocycles. The van der Waals surface area contributed by atoms with E-state index in [1.165, 1.54) is 6.92 Å². The van der Waals surface area contributed by atoms with Crippen LogP contribution in [0.25, 0.3) is 0 Å². The third-order valence-electron chi connectivity index (χ3n) is 12.8. The molecule has 6 saturated heterocycles. The summed E-state index contributed by atoms with van der Waals surface area (Å²) in [7, 11) is 0. The first-order valence-electron chi connectivity index (χ1n) is 22.0. The highest BCUT2D eigenvalue weighted by atomic mass is 16.8. The van der Waals surface area contributed by atoms with Crippen molar-refractivity contribution >= 4 is 5.91 Å². The Bertz CT molecular complexity index is 1610. The standard InChI is InChI=1S/C38H65NO30/c1-8-16(46)21(51)25(55)35(59-8)69-32-31(68-36-26(56)22(52)17(47)10(3-40)62-36)20(50)13(6-43)64-38(32)66-29-15(39-9(2)45)34(61-11(4-41)18(29)48)67-30-19(49)12(5-42)63-37(27(30)57)65-28-14(7-44)60-33(58)24(54)23(28)53/h8,10-38,40-44,46-58H,3-7H2,1-2H3,(H,39,45)/t8-,10+,11+,12+,13+,14+,15+,16+,17-,18-,19-,20-,21+,22-,23+,24+,25-,26+,27+,28+,29+,30-,31-,32+,33+,34-,35-,36+,37-,38-/m0/s1. The van der Waals surface area contributed by atoms with Gasteiger partial charge in [-0.25, -0.2) is 0 Å². The second-order valence-electron chi connectivity index (χ2n) is 17.5. The maximum absolute atomic E-state index is 12.9. The number of ether oxygens (including phenoxy) is 11. The van der Waals surface area contributed by atoms with Crippen molar-refractivity contribution in [2.45, 2.75) is 198 Å². The molecule has 0 spiro atoms. The number of rotatable bonds is 16. The lowest BCUT2D eigenvalue weighted by Crippen LogP contribution is -2.71. The molecule has 0 unspecified atom stereocenters. The highest BCUT2D eigenvalue weighted by molar-refractivity contribution is 5.73. The van der Waals surface area contributed by atoms with E-state index in [4.69, 9.17) is 52.1 Å². The van der Waals surface area contributed by atoms with Gasteiger partial charge in [0.05, 0.1) is 39.1 Å². The maximum atomic E-state index is 12.9. The Morgan fingerprint density at radius 1 is 0.377 bits per heavy atom. The minimum absolute atomic E-state index is 0.893. The van der Waals surface area contributed by atoms with Crippen LogP contribution in [0.1, 0.15) is 13.8 Å². The van der Waals surface area contributed by atoms with Gasteiger partial charge in [-0.05, 0) is 6.92 Å². The molecule has 6 fully saturated rings. The topological polar surface area (TPSA) is 495 Å². The normalized spacial score (nSPS) is 52.1. The van der Waals surface area contributed by atoms with Crippen LogP contribution >= 0.6 is 0 Å². The van der Waals surface area contributed by atoms with Gasteiger partial charge in [0.15, 0.2) is 37.7 Å². The molecule has 0 aromatic rings. The van der Waals surface area contributed by atoms with Gasteiger partial charge in [0.25, 0.3) is 0 Å². The SMILES string of the molecule is CC(=O)N[C@H]1[C@H](O[C@H]2[C@@H](O)[C@@H](CO)O[C@@H](O[C@H]3[C@H](O)[C@@H](O)[C@H](O)O[C@@H]3CO)[C@@H]2O)O[C@H](CO)[C@H](O)[C@@H]1O[C@@H]1O[C@H](CO)[C@H](O)[C@H](O[C@H]2O[C@H](CO)[C@H](O)[C@H](O)[C@H]2O)[C@H]1O[C@@H]1O[C@@H](C)[C@@H](O)[C@@H](O)[C@@H]1O. The highest BCUT2D eigenvalue weighted by Gasteiger charge is 2.59. The van der Waals surface area contributed by atoms with Gasteiger partial charge in [0.2, 0.25) is 5.91 Å². The quantitative estimate of drug-likeness (QED) is 0.0682. The number of carbonyl (C=O) groups excluding carboxylic acids is 1. The van der Waals surface area contributed by atoms with Crippen LogP contribution in [0.15, 0.2) is 0 Å². The molecular weight excluding hydrogens is 950 g/mol. The van der Waals surface area contributed by atoms with Crippen LogP contribution in [0.5, 0.6) is 0 Å². The minimum Gasteiger partial charge on any atom is -0.394 e. The summed E-state index contributed by atoms with van der Waals surface area (Å²) in [5, 5.41) is 194. The first kappa shape index (κ1) is 56.6. The van der Waals surface area contributed by atoms with Crippen LogP contribution in [-0.2, 0) is 56.9 Å². The van der Waals surface area contributed by atoms with Crippen molar-refractivity contribution in [1.82, 2.24) is 5.32 Å². The van der Waals surface area contributed by atoms with E-state index in [1.807, 2.05) is 0 Å². The summed E-state index contributed by atoms with van der Waals surface area (Å²) in [6, 6.07) is -1.85. The molecule has 19 N–H and O–H groups in total. The fraction of sp³-hybridized carbons (Fsp3) is 0.974. The molecule has 6 aliphatic rings. The van der Waals surface area contributed by atoms with E-state index in [1.54, 1.807) is 0 Å². The smallest absolute Gasteiger partial charge is 0.217 e. The molecule has 0 aliphatic carbocycles. The van der Waals surface area contributed by atoms with E-state index in [0.717, 1.165) is 6.92 Å². The molecule has 30 atom stereocenters. The van der Waals surface area contributed by atoms with Gasteiger partial charge in [-0.1, -0.05) is 0 Å². The van der Waals surface area contributed by atoms with E-state index in [-0.39, 0.29) is 0 Å². The molecule has 402 valence electrons. The lowest BCUT2D eigenvalue weighted by Gasteiger charge is -2.51. The summed E-state index contributed by atoms with van der Waals surface area (Å²) < 4.78 is 63.3. The van der Waals surface area contributed by atoms with Crippen LogP contribution in [0.3, 0.4) is 0 Å². The Kier molecular flexibility index (Phi) is 19.8. The van der Waals surface area contributed by atoms with E-state index in [2.05, 4.69) is 5.32 Å². The Morgan fingerprint density at radius 3 is 1.33 bits per heavy atom. The van der Waals surface area contributed by atoms with Crippen LogP contribution < -0.4 is 5.32 Å². The number of hydrogen-bond donors (Lipinski definition) is 19. The summed E-state index contributed by atoms with van der Waals surface area (Å²) in [5.41, 5.74) is 0. The number of aliphatic hydroxyl groups excluding tert-OH is 18. The Labute approximate surface area is 390 Å². The van der Waals surface area contributed by atoms with Gasteiger partial charge in [0.1, 0.15) is 140 Å². The molecule has 69 heavy (non-hydrogen) atoms. The number of aliphatic hydroxyl groups is 18. The third kappa shape index (κ3) is 11.8. The number of amides is 1. The van der Waals surface area contributed by atoms with Crippen molar-refractivity contribution < 1.29 is 149 Å². The van der Waals surface area contributed by atoms with Crippen molar-refractivity contribution in [1.29, 1.82) is 0 Å². The van der Waals surface area contributed by atoms with Crippen molar-refractivity contribution in [2.24, 2.45) is 0 Å². The van der Waals surface area contributed by atoms with E-state index in [0.29, 0.717) is 0 Å². The molecule has 31 heteroatoms. The average Bonchev–Trinajstić information content (AvgIpc) is 3.32. The van der Waals surface area contributed by atoms with Gasteiger partial charge >= 0.3 is 0 Å². The van der Waals surface area contributed by atoms with Gasteiger partial charge < -0.3 is 149 Å². The van der Waals surface area contributed by atoms with Crippen LogP contribution in [0, 0.1) is 0 Å². The molecule has 0 radical (unpaired) electrons. The number of nitrogens with one attached hydrogen (secondary N) is 1. The molecule has 6 aliphatic heterocycles. The fourth-order valence-corrected chi connectivity index (χ4v) is 8.83. The lowest BCUT2D eigenvalue weighted by atomic mass is 9.94. The Hall–Kier alpha value is -1.69. The van der Waals surface area contributed by atoms with Gasteiger partial charge in [-0.2, -0.15) is 0 Å². The maximum Gasteiger partial charge on any atom is 0.217 e. The van der Waals surface area contributed by atoms with Crippen LogP contribution in [0.4, 0.5) is 0 Å². The third-order valence-corrected chi connectivity index (χ3v) is 12.8. The fourth-order valence-electron chi connectivity index (χ4n) is 8.83. The summed E-state index contributed by atoms with van der Waals surface area (Å²) >= 11 is 0.